The van der Waals surface area contributed by atoms with Crippen LogP contribution in [0.15, 0.2) is 243 Å². The molecule has 0 fully saturated rings. The van der Waals surface area contributed by atoms with E-state index in [0.29, 0.717) is 0 Å². The van der Waals surface area contributed by atoms with Crippen molar-refractivity contribution in [2.45, 2.75) is 0 Å². The van der Waals surface area contributed by atoms with Crippen LogP contribution in [-0.4, -0.2) is 4.57 Å². The number of para-hydroxylation sites is 2. The summed E-state index contributed by atoms with van der Waals surface area (Å²) in [6, 6.07) is 79.0. The third-order valence-electron chi connectivity index (χ3n) is 12.7. The lowest BCUT2D eigenvalue weighted by atomic mass is 9.88. The first kappa shape index (κ1) is 38.4. The molecule has 12 rings (SSSR count). The van der Waals surface area contributed by atoms with Gasteiger partial charge in [0.15, 0.2) is 0 Å². The third-order valence-corrected chi connectivity index (χ3v) is 13.8. The third kappa shape index (κ3) is 7.00. The maximum Gasteiger partial charge on any atom is 0.0541 e. The van der Waals surface area contributed by atoms with Crippen LogP contribution in [0, 0.1) is 0 Å². The summed E-state index contributed by atoms with van der Waals surface area (Å²) in [5.41, 5.74) is 17.9. The summed E-state index contributed by atoms with van der Waals surface area (Å²) in [5, 5.41) is 8.63. The van der Waals surface area contributed by atoms with Crippen LogP contribution in [0.25, 0.3) is 81.6 Å². The topological polar surface area (TPSA) is 17.0 Å². The molecule has 1 aliphatic carbocycles. The molecule has 9 aromatic carbocycles. The highest BCUT2D eigenvalue weighted by atomic mass is 32.1. The largest absolute Gasteiger partial charge is 0.362 e. The Morgan fingerprint density at radius 2 is 1.09 bits per heavy atom. The molecule has 1 N–H and O–H groups in total. The summed E-state index contributed by atoms with van der Waals surface area (Å²) in [7, 11) is 0. The average molecular weight is 847 g/mol. The molecule has 0 saturated heterocycles. The fourth-order valence-corrected chi connectivity index (χ4v) is 10.8. The molecule has 0 radical (unpaired) electrons. The van der Waals surface area contributed by atoms with Crippen LogP contribution in [0.5, 0.6) is 0 Å². The van der Waals surface area contributed by atoms with Gasteiger partial charge >= 0.3 is 0 Å². The molecule has 0 amide bonds. The molecule has 1 aliphatic rings. The highest BCUT2D eigenvalue weighted by Crippen LogP contribution is 2.49. The zero-order valence-corrected chi connectivity index (χ0v) is 36.3. The predicted molar refractivity (Wildman–Crippen MR) is 280 cm³/mol. The van der Waals surface area contributed by atoms with Gasteiger partial charge in [0.2, 0.25) is 0 Å². The molecule has 2 nitrogen and oxygen atoms in total. The summed E-state index contributed by atoms with van der Waals surface area (Å²) in [6.45, 7) is 0. The summed E-state index contributed by atoms with van der Waals surface area (Å²) < 4.78 is 4.96. The number of nitrogens with one attached hydrogen (secondary N) is 1. The first-order chi connectivity index (χ1) is 32.2. The molecular formula is C62H42N2S. The van der Waals surface area contributed by atoms with Gasteiger partial charge in [-0.25, -0.2) is 0 Å². The Kier molecular flexibility index (Phi) is 9.74. The van der Waals surface area contributed by atoms with Gasteiger partial charge in [0.05, 0.1) is 11.0 Å². The maximum absolute atomic E-state index is 3.57. The van der Waals surface area contributed by atoms with E-state index in [-0.39, 0.29) is 0 Å². The van der Waals surface area contributed by atoms with E-state index in [1.807, 2.05) is 17.5 Å². The first-order valence-corrected chi connectivity index (χ1v) is 23.0. The van der Waals surface area contributed by atoms with Gasteiger partial charge in [0.25, 0.3) is 0 Å². The second-order valence-corrected chi connectivity index (χ2v) is 17.6. The smallest absolute Gasteiger partial charge is 0.0541 e. The van der Waals surface area contributed by atoms with E-state index in [1.54, 1.807) is 0 Å². The van der Waals surface area contributed by atoms with Crippen LogP contribution in [0.2, 0.25) is 0 Å². The van der Waals surface area contributed by atoms with Crippen molar-refractivity contribution in [1.29, 1.82) is 0 Å². The van der Waals surface area contributed by atoms with E-state index < -0.39 is 0 Å². The quantitative estimate of drug-likeness (QED) is 0.143. The van der Waals surface area contributed by atoms with Gasteiger partial charge < -0.3 is 9.88 Å². The number of fused-ring (bicyclic) bond motifs is 9. The van der Waals surface area contributed by atoms with Gasteiger partial charge in [-0.3, -0.25) is 0 Å². The van der Waals surface area contributed by atoms with Gasteiger partial charge in [-0.05, 0) is 122 Å². The Hall–Kier alpha value is -8.24. The van der Waals surface area contributed by atoms with Crippen molar-refractivity contribution in [2.75, 3.05) is 5.32 Å². The van der Waals surface area contributed by atoms with Crippen molar-refractivity contribution >= 4 is 81.8 Å². The van der Waals surface area contributed by atoms with E-state index >= 15 is 0 Å². The van der Waals surface area contributed by atoms with Crippen LogP contribution in [0.3, 0.4) is 0 Å². The minimum absolute atomic E-state index is 1.06. The van der Waals surface area contributed by atoms with Crippen LogP contribution in [0.4, 0.5) is 5.69 Å². The number of rotatable bonds is 9. The number of allylic oxidation sites excluding steroid dienone is 4. The van der Waals surface area contributed by atoms with Crippen LogP contribution < -0.4 is 5.32 Å². The van der Waals surface area contributed by atoms with Gasteiger partial charge in [-0.15, -0.1) is 11.3 Å². The molecule has 0 aliphatic heterocycles. The van der Waals surface area contributed by atoms with Crippen molar-refractivity contribution in [1.82, 2.24) is 4.57 Å². The molecule has 0 spiro atoms. The Morgan fingerprint density at radius 1 is 0.446 bits per heavy atom. The molecule has 0 saturated carbocycles. The first-order valence-electron chi connectivity index (χ1n) is 22.2. The van der Waals surface area contributed by atoms with E-state index in [2.05, 4.69) is 253 Å². The number of benzene rings is 9. The standard InChI is InChI=1S/C62H42N2S/c1-4-17-44(18-5-1)61(45-19-6-2-7-20-45)62-54-27-11-10-24-49(54)50-35-31-42(39-56(50)62)30-32-43(21-16-38-63-47-34-36-53-52-26-13-15-29-59(52)65-60(53)41-47)46-33-37-58-55(40-46)51-25-12-14-28-57(51)64(58)48-22-8-3-9-23-48/h1-41,63H/b32-30-,38-16+,43-21+. The zero-order chi connectivity index (χ0) is 43.1. The number of hydrogen-bond donors (Lipinski definition) is 1. The Bertz CT molecular complexity index is 3670. The lowest BCUT2D eigenvalue weighted by Crippen LogP contribution is -1.94. The highest BCUT2D eigenvalue weighted by molar-refractivity contribution is 7.25. The molecule has 2 heterocycles. The Labute approximate surface area is 382 Å². The van der Waals surface area contributed by atoms with Crippen LogP contribution in [-0.2, 0) is 0 Å². The molecule has 11 aromatic rings. The number of aromatic nitrogens is 1. The van der Waals surface area contributed by atoms with Gasteiger partial charge in [-0.1, -0.05) is 182 Å². The zero-order valence-electron chi connectivity index (χ0n) is 35.5. The highest BCUT2D eigenvalue weighted by Gasteiger charge is 2.27. The molecule has 2 aromatic heterocycles. The fraction of sp³-hybridized carbons (Fsp3) is 0. The van der Waals surface area contributed by atoms with Gasteiger partial charge in [0, 0.05) is 48.5 Å². The summed E-state index contributed by atoms with van der Waals surface area (Å²) in [5.74, 6) is 0. The number of thiophene rings is 1. The summed E-state index contributed by atoms with van der Waals surface area (Å²) in [4.78, 5) is 0. The van der Waals surface area contributed by atoms with Crippen molar-refractivity contribution in [3.63, 3.8) is 0 Å². The van der Waals surface area contributed by atoms with Gasteiger partial charge in [-0.2, -0.15) is 0 Å². The minimum Gasteiger partial charge on any atom is -0.362 e. The predicted octanol–water partition coefficient (Wildman–Crippen LogP) is 16.9. The lowest BCUT2D eigenvalue weighted by molar-refractivity contribution is 1.18. The van der Waals surface area contributed by atoms with E-state index in [1.165, 1.54) is 86.5 Å². The van der Waals surface area contributed by atoms with Crippen molar-refractivity contribution in [3.05, 3.63) is 276 Å². The molecule has 0 unspecified atom stereocenters. The summed E-state index contributed by atoms with van der Waals surface area (Å²) >= 11 is 1.84. The van der Waals surface area contributed by atoms with Crippen LogP contribution >= 0.6 is 11.3 Å². The normalized spacial score (nSPS) is 12.6. The molecule has 3 heteroatoms. The lowest BCUT2D eigenvalue weighted by Gasteiger charge is -2.15. The molecule has 0 atom stereocenters. The monoisotopic (exact) mass is 846 g/mol. The summed E-state index contributed by atoms with van der Waals surface area (Å²) in [6.07, 6.45) is 10.9. The maximum atomic E-state index is 3.57. The molecular weight excluding hydrogens is 805 g/mol. The number of anilines is 1. The average Bonchev–Trinajstić information content (AvgIpc) is 4.02. The van der Waals surface area contributed by atoms with E-state index in [9.17, 15) is 0 Å². The number of nitrogens with zero attached hydrogens (tertiary/aromatic N) is 1. The minimum atomic E-state index is 1.06. The van der Waals surface area contributed by atoms with E-state index in [4.69, 9.17) is 0 Å². The fourth-order valence-electron chi connectivity index (χ4n) is 9.68. The second kappa shape index (κ2) is 16.5. The van der Waals surface area contributed by atoms with Crippen molar-refractivity contribution < 1.29 is 0 Å². The van der Waals surface area contributed by atoms with Gasteiger partial charge in [0.1, 0.15) is 0 Å². The molecule has 0 bridgehead atoms. The second-order valence-electron chi connectivity index (χ2n) is 16.5. The number of hydrogen-bond acceptors (Lipinski definition) is 2. The van der Waals surface area contributed by atoms with Crippen molar-refractivity contribution in [3.8, 4) is 16.8 Å². The SMILES string of the molecule is C(=C/c1ccc2c(c1)C(=C(c1ccccc1)c1ccccc1)c1ccccc1-2)/C(=C\C=C\Nc1ccc2c(c1)sc1ccccc12)c1ccc2c(c1)c1ccccc1n2-c1ccccc1. The Morgan fingerprint density at radius 3 is 1.89 bits per heavy atom. The Balaban J connectivity index is 0.967. The van der Waals surface area contributed by atoms with E-state index in [0.717, 1.165) is 28.1 Å². The molecule has 65 heavy (non-hydrogen) atoms. The van der Waals surface area contributed by atoms with Crippen molar-refractivity contribution in [2.24, 2.45) is 0 Å². The molecule has 306 valence electrons. The van der Waals surface area contributed by atoms with Crippen LogP contribution in [0.1, 0.15) is 33.4 Å².